The monoisotopic (exact) mass is 734 g/mol. The van der Waals surface area contributed by atoms with Gasteiger partial charge in [-0.3, -0.25) is 0 Å². The molecule has 0 aliphatic rings. The summed E-state index contributed by atoms with van der Waals surface area (Å²) in [4.78, 5) is 7.52. The van der Waals surface area contributed by atoms with Crippen LogP contribution in [0.4, 0.5) is 17.1 Å². The van der Waals surface area contributed by atoms with Crippen LogP contribution in [0.2, 0.25) is 0 Å². The number of thiazole rings is 1. The van der Waals surface area contributed by atoms with Gasteiger partial charge in [0.2, 0.25) is 0 Å². The SMILES string of the molecule is c1ccc(-c2cccc(N(c3ccc4c(c3)oc3c5ccccc5ccc43)c3ccc4c(c3)oc3cccc(-c5nc6c(ccc7ccccc76)s5)c34)c2)cc1. The molecule has 0 saturated carbocycles. The molecule has 56 heavy (non-hydrogen) atoms. The van der Waals surface area contributed by atoms with Gasteiger partial charge < -0.3 is 13.7 Å². The Labute approximate surface area is 325 Å². The van der Waals surface area contributed by atoms with Crippen LogP contribution in [0, 0.1) is 0 Å². The second kappa shape index (κ2) is 12.2. The standard InChI is InChI=1S/C51H30N2O2S/c1-2-10-31(11-3-1)34-14-8-15-35(28-34)53(36-22-25-40-41-24-20-33-13-5-7-17-39(33)50(41)55-45(40)29-36)37-23-26-42-46(30-37)54-44-19-9-18-43(48(42)44)51-52-49-38-16-6-4-12-32(38)21-27-47(49)56-51/h1-30H. The largest absolute Gasteiger partial charge is 0.456 e. The van der Waals surface area contributed by atoms with E-state index in [9.17, 15) is 0 Å². The zero-order chi connectivity index (χ0) is 36.7. The second-order valence-corrected chi connectivity index (χ2v) is 15.3. The first-order valence-electron chi connectivity index (χ1n) is 18.8. The fourth-order valence-electron chi connectivity index (χ4n) is 8.44. The summed E-state index contributed by atoms with van der Waals surface area (Å²) in [6, 6.07) is 64.2. The number of furan rings is 2. The first kappa shape index (κ1) is 31.2. The molecule has 0 aliphatic heterocycles. The molecule has 9 aromatic carbocycles. The van der Waals surface area contributed by atoms with Crippen LogP contribution >= 0.6 is 11.3 Å². The van der Waals surface area contributed by atoms with Gasteiger partial charge in [0.05, 0.1) is 10.2 Å². The van der Waals surface area contributed by atoms with E-state index in [1.54, 1.807) is 11.3 Å². The highest BCUT2D eigenvalue weighted by molar-refractivity contribution is 7.21. The fourth-order valence-corrected chi connectivity index (χ4v) is 9.46. The number of rotatable bonds is 5. The van der Waals surface area contributed by atoms with Gasteiger partial charge in [0.1, 0.15) is 27.3 Å². The quantitative estimate of drug-likeness (QED) is 0.177. The van der Waals surface area contributed by atoms with Crippen LogP contribution < -0.4 is 4.90 Å². The van der Waals surface area contributed by atoms with E-state index in [1.165, 1.54) is 15.5 Å². The summed E-state index contributed by atoms with van der Waals surface area (Å²) in [5.74, 6) is 0. The van der Waals surface area contributed by atoms with Crippen LogP contribution in [0.3, 0.4) is 0 Å². The van der Waals surface area contributed by atoms with Crippen molar-refractivity contribution in [3.8, 4) is 21.7 Å². The number of hydrogen-bond acceptors (Lipinski definition) is 5. The molecule has 0 aliphatic carbocycles. The van der Waals surface area contributed by atoms with Gasteiger partial charge in [-0.05, 0) is 76.5 Å². The third-order valence-corrected chi connectivity index (χ3v) is 12.1. The molecule has 0 spiro atoms. The van der Waals surface area contributed by atoms with Crippen LogP contribution in [0.15, 0.2) is 191 Å². The molecular formula is C51H30N2O2S. The summed E-state index contributed by atoms with van der Waals surface area (Å²) in [6.07, 6.45) is 0. The predicted octanol–water partition coefficient (Wildman–Crippen LogP) is 15.2. The van der Waals surface area contributed by atoms with Gasteiger partial charge in [-0.1, -0.05) is 115 Å². The van der Waals surface area contributed by atoms with Crippen molar-refractivity contribution in [3.63, 3.8) is 0 Å². The lowest BCUT2D eigenvalue weighted by atomic mass is 10.0. The number of aromatic nitrogens is 1. The van der Waals surface area contributed by atoms with Gasteiger partial charge in [0.25, 0.3) is 0 Å². The van der Waals surface area contributed by atoms with Crippen molar-refractivity contribution in [1.82, 2.24) is 4.98 Å². The molecule has 5 heteroatoms. The van der Waals surface area contributed by atoms with Crippen molar-refractivity contribution in [2.45, 2.75) is 0 Å². The third-order valence-electron chi connectivity index (χ3n) is 11.1. The minimum atomic E-state index is 0.817. The summed E-state index contributed by atoms with van der Waals surface area (Å²) in [5, 5.41) is 9.98. The zero-order valence-electron chi connectivity index (χ0n) is 29.9. The van der Waals surface area contributed by atoms with Crippen LogP contribution in [-0.4, -0.2) is 4.98 Å². The molecule has 0 unspecified atom stereocenters. The van der Waals surface area contributed by atoms with Gasteiger partial charge in [-0.25, -0.2) is 4.98 Å². The summed E-state index contributed by atoms with van der Waals surface area (Å²) in [6.45, 7) is 0. The topological polar surface area (TPSA) is 42.4 Å². The third kappa shape index (κ3) is 4.81. The highest BCUT2D eigenvalue weighted by Gasteiger charge is 2.21. The lowest BCUT2D eigenvalue weighted by Crippen LogP contribution is -2.09. The van der Waals surface area contributed by atoms with Crippen molar-refractivity contribution in [2.24, 2.45) is 0 Å². The molecule has 12 rings (SSSR count). The number of anilines is 3. The highest BCUT2D eigenvalue weighted by Crippen LogP contribution is 2.45. The van der Waals surface area contributed by atoms with Gasteiger partial charge in [-0.15, -0.1) is 11.3 Å². The fraction of sp³-hybridized carbons (Fsp3) is 0. The molecule has 4 nitrogen and oxygen atoms in total. The molecule has 0 fully saturated rings. The normalized spacial score (nSPS) is 11.9. The maximum absolute atomic E-state index is 6.70. The molecule has 0 amide bonds. The zero-order valence-corrected chi connectivity index (χ0v) is 30.8. The van der Waals surface area contributed by atoms with Crippen molar-refractivity contribution < 1.29 is 8.83 Å². The van der Waals surface area contributed by atoms with Crippen LogP contribution in [0.5, 0.6) is 0 Å². The van der Waals surface area contributed by atoms with E-state index in [2.05, 4.69) is 187 Å². The Bertz CT molecular complexity index is 3500. The van der Waals surface area contributed by atoms with Crippen molar-refractivity contribution in [3.05, 3.63) is 182 Å². The Morgan fingerprint density at radius 1 is 0.429 bits per heavy atom. The molecule has 0 atom stereocenters. The number of hydrogen-bond donors (Lipinski definition) is 0. The van der Waals surface area contributed by atoms with Gasteiger partial charge in [0, 0.05) is 67.1 Å². The molecule has 0 bridgehead atoms. The molecular weight excluding hydrogens is 705 g/mol. The summed E-state index contributed by atoms with van der Waals surface area (Å²) < 4.78 is 14.6. The summed E-state index contributed by atoms with van der Waals surface area (Å²) >= 11 is 1.73. The minimum absolute atomic E-state index is 0.817. The Kier molecular flexibility index (Phi) is 6.76. The maximum atomic E-state index is 6.70. The van der Waals surface area contributed by atoms with Gasteiger partial charge >= 0.3 is 0 Å². The minimum Gasteiger partial charge on any atom is -0.456 e. The predicted molar refractivity (Wildman–Crippen MR) is 235 cm³/mol. The molecule has 3 aromatic heterocycles. The van der Waals surface area contributed by atoms with E-state index < -0.39 is 0 Å². The smallest absolute Gasteiger partial charge is 0.143 e. The first-order valence-corrected chi connectivity index (χ1v) is 19.6. The molecule has 0 radical (unpaired) electrons. The molecule has 0 saturated heterocycles. The van der Waals surface area contributed by atoms with E-state index in [0.717, 1.165) is 98.9 Å². The highest BCUT2D eigenvalue weighted by atomic mass is 32.1. The van der Waals surface area contributed by atoms with E-state index in [0.29, 0.717) is 0 Å². The van der Waals surface area contributed by atoms with Crippen LogP contribution in [0.25, 0.3) is 97.3 Å². The number of fused-ring (bicyclic) bond motifs is 11. The van der Waals surface area contributed by atoms with E-state index >= 15 is 0 Å². The number of nitrogens with zero attached hydrogens (tertiary/aromatic N) is 2. The Morgan fingerprint density at radius 2 is 1.09 bits per heavy atom. The Morgan fingerprint density at radius 3 is 1.95 bits per heavy atom. The van der Waals surface area contributed by atoms with E-state index in [-0.39, 0.29) is 0 Å². The average molecular weight is 735 g/mol. The molecule has 3 heterocycles. The maximum Gasteiger partial charge on any atom is 0.143 e. The van der Waals surface area contributed by atoms with Crippen molar-refractivity contribution in [2.75, 3.05) is 4.90 Å². The van der Waals surface area contributed by atoms with E-state index in [4.69, 9.17) is 13.8 Å². The number of benzene rings is 9. The Hall–Kier alpha value is -7.21. The van der Waals surface area contributed by atoms with Crippen molar-refractivity contribution >= 4 is 104 Å². The van der Waals surface area contributed by atoms with Crippen LogP contribution in [-0.2, 0) is 0 Å². The lowest BCUT2D eigenvalue weighted by Gasteiger charge is -2.26. The van der Waals surface area contributed by atoms with Crippen molar-refractivity contribution in [1.29, 1.82) is 0 Å². The molecule has 12 aromatic rings. The van der Waals surface area contributed by atoms with Crippen LogP contribution in [0.1, 0.15) is 0 Å². The summed E-state index contributed by atoms with van der Waals surface area (Å²) in [5.41, 5.74) is 10.8. The molecule has 262 valence electrons. The van der Waals surface area contributed by atoms with Gasteiger partial charge in [0.15, 0.2) is 0 Å². The van der Waals surface area contributed by atoms with Gasteiger partial charge in [-0.2, -0.15) is 0 Å². The van der Waals surface area contributed by atoms with E-state index in [1.807, 2.05) is 0 Å². The summed E-state index contributed by atoms with van der Waals surface area (Å²) in [7, 11) is 0. The Balaban J connectivity index is 1.04. The lowest BCUT2D eigenvalue weighted by molar-refractivity contribution is 0.669. The average Bonchev–Trinajstić information content (AvgIpc) is 3.98. The second-order valence-electron chi connectivity index (χ2n) is 14.3. The first-order chi connectivity index (χ1) is 27.7. The molecule has 0 N–H and O–H groups in total.